The fourth-order valence-electron chi connectivity index (χ4n) is 3.65. The Balaban J connectivity index is 1.89. The first kappa shape index (κ1) is 10.5. The third kappa shape index (κ3) is 2.74. The van der Waals surface area contributed by atoms with Crippen LogP contribution in [0.3, 0.4) is 0 Å². The van der Waals surface area contributed by atoms with E-state index in [9.17, 15) is 0 Å². The van der Waals surface area contributed by atoms with Gasteiger partial charge in [-0.25, -0.2) is 0 Å². The fraction of sp³-hybridized carbons (Fsp3) is 1.00. The van der Waals surface area contributed by atoms with Gasteiger partial charge in [0.25, 0.3) is 0 Å². The summed E-state index contributed by atoms with van der Waals surface area (Å²) < 4.78 is 0. The van der Waals surface area contributed by atoms with Gasteiger partial charge in [0.15, 0.2) is 0 Å². The molecule has 2 aliphatic carbocycles. The van der Waals surface area contributed by atoms with Crippen LogP contribution in [0, 0.1) is 17.8 Å². The van der Waals surface area contributed by atoms with Gasteiger partial charge in [0, 0.05) is 0 Å². The van der Waals surface area contributed by atoms with Gasteiger partial charge in [0.05, 0.1) is 0 Å². The zero-order chi connectivity index (χ0) is 9.80. The molecule has 0 N–H and O–H groups in total. The van der Waals surface area contributed by atoms with Gasteiger partial charge < -0.3 is 0 Å². The van der Waals surface area contributed by atoms with Crippen LogP contribution >= 0.6 is 0 Å². The Morgan fingerprint density at radius 3 is 1.50 bits per heavy atom. The Bertz CT molecular complexity index is 143. The summed E-state index contributed by atoms with van der Waals surface area (Å²) in [5, 5.41) is 0. The summed E-state index contributed by atoms with van der Waals surface area (Å²) in [4.78, 5) is 0. The van der Waals surface area contributed by atoms with Crippen molar-refractivity contribution in [3.8, 4) is 0 Å². The number of hydrogen-bond donors (Lipinski definition) is 0. The van der Waals surface area contributed by atoms with E-state index in [0.717, 1.165) is 17.8 Å². The zero-order valence-electron chi connectivity index (χ0n) is 9.80. The zero-order valence-corrected chi connectivity index (χ0v) is 9.80. The lowest BCUT2D eigenvalue weighted by Gasteiger charge is -2.31. The van der Waals surface area contributed by atoms with E-state index >= 15 is 0 Å². The van der Waals surface area contributed by atoms with Crippen molar-refractivity contribution in [1.82, 2.24) is 0 Å². The number of hydrogen-bond acceptors (Lipinski definition) is 0. The third-order valence-corrected chi connectivity index (χ3v) is 4.61. The Hall–Kier alpha value is 0. The number of rotatable bonds is 0. The van der Waals surface area contributed by atoms with Crippen LogP contribution in [-0.2, 0) is 0 Å². The van der Waals surface area contributed by atoms with Crippen molar-refractivity contribution >= 4 is 0 Å². The van der Waals surface area contributed by atoms with Gasteiger partial charge in [-0.3, -0.25) is 0 Å². The Morgan fingerprint density at radius 1 is 0.571 bits per heavy atom. The molecule has 0 nitrogen and oxygen atoms in total. The lowest BCUT2D eigenvalue weighted by molar-refractivity contribution is 0.209. The number of fused-ring (bicyclic) bond motifs is 1. The molecule has 0 radical (unpaired) electrons. The topological polar surface area (TPSA) is 0 Å². The normalized spacial score (nSPS) is 40.5. The van der Waals surface area contributed by atoms with Gasteiger partial charge in [-0.05, 0) is 17.8 Å². The van der Waals surface area contributed by atoms with Crippen LogP contribution in [0.1, 0.15) is 71.1 Å². The molecule has 2 unspecified atom stereocenters. The monoisotopic (exact) mass is 194 g/mol. The molecular weight excluding hydrogens is 168 g/mol. The third-order valence-electron chi connectivity index (χ3n) is 4.61. The van der Waals surface area contributed by atoms with Crippen molar-refractivity contribution in [1.29, 1.82) is 0 Å². The van der Waals surface area contributed by atoms with Crippen LogP contribution in [0.5, 0.6) is 0 Å². The summed E-state index contributed by atoms with van der Waals surface area (Å²) in [6.45, 7) is 2.45. The second kappa shape index (κ2) is 5.19. The molecule has 0 bridgehead atoms. The molecule has 2 saturated carbocycles. The Morgan fingerprint density at radius 2 is 1.00 bits per heavy atom. The Kier molecular flexibility index (Phi) is 3.89. The van der Waals surface area contributed by atoms with Crippen molar-refractivity contribution in [3.63, 3.8) is 0 Å². The van der Waals surface area contributed by atoms with Crippen molar-refractivity contribution in [3.05, 3.63) is 0 Å². The highest BCUT2D eigenvalue weighted by molar-refractivity contribution is 4.77. The van der Waals surface area contributed by atoms with Gasteiger partial charge in [-0.1, -0.05) is 71.1 Å². The fourth-order valence-corrected chi connectivity index (χ4v) is 3.65. The van der Waals surface area contributed by atoms with Gasteiger partial charge in [-0.2, -0.15) is 0 Å². The standard InChI is InChI=1S/C14H26/c1-12-6-4-10-13-8-2-3-9-14(13)11-5-7-12/h12-14H,2-11H2,1H3/t12?,13-,14?/m0/s1. The van der Waals surface area contributed by atoms with Crippen LogP contribution < -0.4 is 0 Å². The average molecular weight is 194 g/mol. The van der Waals surface area contributed by atoms with E-state index in [0.29, 0.717) is 0 Å². The largest absolute Gasteiger partial charge is 0.0625 e. The van der Waals surface area contributed by atoms with E-state index in [-0.39, 0.29) is 0 Å². The lowest BCUT2D eigenvalue weighted by Crippen LogP contribution is -2.19. The van der Waals surface area contributed by atoms with Crippen molar-refractivity contribution in [2.24, 2.45) is 17.8 Å². The minimum Gasteiger partial charge on any atom is -0.0625 e. The van der Waals surface area contributed by atoms with E-state index in [2.05, 4.69) is 6.92 Å². The van der Waals surface area contributed by atoms with Crippen LogP contribution in [0.2, 0.25) is 0 Å². The van der Waals surface area contributed by atoms with E-state index in [1.54, 1.807) is 25.7 Å². The maximum Gasteiger partial charge on any atom is -0.0386 e. The minimum atomic E-state index is 1.01. The molecule has 0 heterocycles. The summed E-state index contributed by atoms with van der Waals surface area (Å²) >= 11 is 0. The first-order chi connectivity index (χ1) is 6.86. The maximum absolute atomic E-state index is 2.45. The molecule has 0 saturated heterocycles. The molecule has 0 aliphatic heterocycles. The van der Waals surface area contributed by atoms with Crippen molar-refractivity contribution in [2.45, 2.75) is 71.1 Å². The van der Waals surface area contributed by atoms with Gasteiger partial charge >= 0.3 is 0 Å². The van der Waals surface area contributed by atoms with Crippen LogP contribution in [0.25, 0.3) is 0 Å². The summed E-state index contributed by atoms with van der Waals surface area (Å²) in [6, 6.07) is 0. The van der Waals surface area contributed by atoms with Crippen molar-refractivity contribution in [2.75, 3.05) is 0 Å². The molecule has 2 fully saturated rings. The van der Waals surface area contributed by atoms with Gasteiger partial charge in [0.1, 0.15) is 0 Å². The lowest BCUT2D eigenvalue weighted by atomic mass is 9.75. The molecule has 14 heavy (non-hydrogen) atoms. The highest BCUT2D eigenvalue weighted by Crippen LogP contribution is 2.38. The molecular formula is C14H26. The second-order valence-corrected chi connectivity index (χ2v) is 5.77. The molecule has 0 aromatic rings. The molecule has 82 valence electrons. The van der Waals surface area contributed by atoms with E-state index < -0.39 is 0 Å². The molecule has 2 rings (SSSR count). The van der Waals surface area contributed by atoms with Crippen LogP contribution in [0.4, 0.5) is 0 Å². The Labute approximate surface area is 89.5 Å². The summed E-state index contributed by atoms with van der Waals surface area (Å²) in [7, 11) is 0. The van der Waals surface area contributed by atoms with E-state index in [1.165, 1.54) is 38.5 Å². The summed E-state index contributed by atoms with van der Waals surface area (Å²) in [5.41, 5.74) is 0. The highest BCUT2D eigenvalue weighted by Gasteiger charge is 2.25. The van der Waals surface area contributed by atoms with Gasteiger partial charge in [-0.15, -0.1) is 0 Å². The van der Waals surface area contributed by atoms with Crippen LogP contribution in [0.15, 0.2) is 0 Å². The smallest absolute Gasteiger partial charge is 0.0386 e. The SMILES string of the molecule is CC1CCCC2CCCC[C@H]2CCC1. The summed E-state index contributed by atoms with van der Waals surface area (Å²) in [5.74, 6) is 3.25. The predicted molar refractivity (Wildman–Crippen MR) is 62.3 cm³/mol. The van der Waals surface area contributed by atoms with Crippen molar-refractivity contribution < 1.29 is 0 Å². The van der Waals surface area contributed by atoms with Crippen LogP contribution in [-0.4, -0.2) is 0 Å². The minimum absolute atomic E-state index is 1.01. The van der Waals surface area contributed by atoms with E-state index in [4.69, 9.17) is 0 Å². The average Bonchev–Trinajstić information content (AvgIpc) is 2.28. The molecule has 3 atom stereocenters. The maximum atomic E-state index is 2.45. The predicted octanol–water partition coefficient (Wildman–Crippen LogP) is 4.78. The molecule has 0 aromatic carbocycles. The molecule has 2 aliphatic rings. The molecule has 0 aromatic heterocycles. The molecule has 0 spiro atoms. The summed E-state index contributed by atoms with van der Waals surface area (Å²) in [6.07, 6.45) is 15.3. The first-order valence-corrected chi connectivity index (χ1v) is 6.86. The quantitative estimate of drug-likeness (QED) is 0.520. The first-order valence-electron chi connectivity index (χ1n) is 6.86. The molecule has 0 heteroatoms. The van der Waals surface area contributed by atoms with Gasteiger partial charge in [0.2, 0.25) is 0 Å². The second-order valence-electron chi connectivity index (χ2n) is 5.77. The molecule has 0 amide bonds. The highest BCUT2D eigenvalue weighted by atomic mass is 14.3. The van der Waals surface area contributed by atoms with E-state index in [1.807, 2.05) is 0 Å².